The van der Waals surface area contributed by atoms with Crippen molar-refractivity contribution in [2.75, 3.05) is 17.0 Å². The number of aryl methyl sites for hydroxylation is 1. The highest BCUT2D eigenvalue weighted by Gasteiger charge is 2.35. The summed E-state index contributed by atoms with van der Waals surface area (Å²) in [5.74, 6) is 0.395. The van der Waals surface area contributed by atoms with E-state index in [-0.39, 0.29) is 11.0 Å². The van der Waals surface area contributed by atoms with Gasteiger partial charge in [-0.15, -0.1) is 0 Å². The van der Waals surface area contributed by atoms with Gasteiger partial charge >= 0.3 is 0 Å². The van der Waals surface area contributed by atoms with E-state index in [1.165, 1.54) is 23.5 Å². The molecule has 4 heterocycles. The lowest BCUT2D eigenvalue weighted by atomic mass is 9.83. The van der Waals surface area contributed by atoms with Gasteiger partial charge < -0.3 is 5.43 Å². The summed E-state index contributed by atoms with van der Waals surface area (Å²) in [7, 11) is 0. The molecule has 2 aliphatic heterocycles. The molecule has 0 radical (unpaired) electrons. The first-order chi connectivity index (χ1) is 12.1. The topological polar surface area (TPSA) is 50.9 Å². The minimum absolute atomic E-state index is 0.0222. The smallest absolute Gasteiger partial charge is 0.0701 e. The molecular formula is C20H32N6. The molecule has 142 valence electrons. The normalized spacial score (nSPS) is 23.4. The molecule has 0 saturated carbocycles. The number of aromatic nitrogens is 4. The lowest BCUT2D eigenvalue weighted by molar-refractivity contribution is 0.285. The Kier molecular flexibility index (Phi) is 3.86. The zero-order valence-corrected chi connectivity index (χ0v) is 17.0. The van der Waals surface area contributed by atoms with Crippen molar-refractivity contribution in [2.24, 2.45) is 5.41 Å². The molecule has 2 aromatic heterocycles. The molecule has 0 bridgehead atoms. The lowest BCUT2D eigenvalue weighted by Crippen LogP contribution is -2.54. The van der Waals surface area contributed by atoms with Crippen LogP contribution in [-0.4, -0.2) is 37.9 Å². The first-order valence-electron chi connectivity index (χ1n) is 9.79. The predicted octanol–water partition coefficient (Wildman–Crippen LogP) is 3.06. The third kappa shape index (κ3) is 2.99. The Balaban J connectivity index is 1.61. The van der Waals surface area contributed by atoms with Gasteiger partial charge in [-0.05, 0) is 51.2 Å². The Morgan fingerprint density at radius 3 is 2.58 bits per heavy atom. The molecule has 2 aliphatic rings. The van der Waals surface area contributed by atoms with Crippen molar-refractivity contribution in [1.29, 1.82) is 0 Å². The fourth-order valence-corrected chi connectivity index (χ4v) is 4.11. The van der Waals surface area contributed by atoms with Gasteiger partial charge in [-0.25, -0.2) is 0 Å². The van der Waals surface area contributed by atoms with Gasteiger partial charge in [0.15, 0.2) is 0 Å². The molecule has 2 atom stereocenters. The maximum absolute atomic E-state index is 4.96. The Morgan fingerprint density at radius 2 is 1.88 bits per heavy atom. The van der Waals surface area contributed by atoms with Crippen LogP contribution in [-0.2, 0) is 12.8 Å². The largest absolute Gasteiger partial charge is 0.306 e. The van der Waals surface area contributed by atoms with Crippen LogP contribution in [0.15, 0.2) is 18.3 Å². The molecule has 0 fully saturated rings. The number of hydrogen-bond donors (Lipinski definition) is 1. The second-order valence-corrected chi connectivity index (χ2v) is 9.92. The SMILES string of the molecule is CC(C)(C)C1CCc2cc(C3Cc4ccnn4N(C(C)(C)C)C3)nn2N1. The molecule has 0 amide bonds. The van der Waals surface area contributed by atoms with Gasteiger partial charge in [0.1, 0.15) is 0 Å². The molecule has 1 N–H and O–H groups in total. The average Bonchev–Trinajstić information content (AvgIpc) is 3.17. The van der Waals surface area contributed by atoms with Crippen LogP contribution in [0.3, 0.4) is 0 Å². The number of nitrogens with one attached hydrogen (secondary N) is 1. The van der Waals surface area contributed by atoms with Crippen molar-refractivity contribution in [1.82, 2.24) is 19.8 Å². The first kappa shape index (κ1) is 17.4. The zero-order chi connectivity index (χ0) is 18.7. The highest BCUT2D eigenvalue weighted by Crippen LogP contribution is 2.32. The van der Waals surface area contributed by atoms with Crippen LogP contribution >= 0.6 is 0 Å². The Bertz CT molecular complexity index is 788. The van der Waals surface area contributed by atoms with Gasteiger partial charge in [0.25, 0.3) is 0 Å². The fraction of sp³-hybridized carbons (Fsp3) is 0.700. The average molecular weight is 357 g/mol. The van der Waals surface area contributed by atoms with Crippen LogP contribution in [0.1, 0.15) is 71.0 Å². The standard InChI is InChI=1S/C20H32N6/c1-19(2,3)18-8-7-15-12-17(22-25(15)23-18)14-11-16-9-10-21-26(16)24(13-14)20(4,5)6/h9-10,12,14,18,23H,7-8,11,13H2,1-6H3. The summed E-state index contributed by atoms with van der Waals surface area (Å²) in [6.07, 6.45) is 5.16. The van der Waals surface area contributed by atoms with Gasteiger partial charge in [0.2, 0.25) is 0 Å². The summed E-state index contributed by atoms with van der Waals surface area (Å²) in [4.78, 5) is 4.13. The molecule has 0 saturated heterocycles. The third-order valence-electron chi connectivity index (χ3n) is 5.78. The van der Waals surface area contributed by atoms with E-state index >= 15 is 0 Å². The van der Waals surface area contributed by atoms with Gasteiger partial charge in [-0.1, -0.05) is 20.8 Å². The fourth-order valence-electron chi connectivity index (χ4n) is 4.11. The van der Waals surface area contributed by atoms with Crippen LogP contribution in [0.25, 0.3) is 0 Å². The highest BCUT2D eigenvalue weighted by molar-refractivity contribution is 5.25. The van der Waals surface area contributed by atoms with Gasteiger partial charge in [0, 0.05) is 30.5 Å². The minimum atomic E-state index is 0.0222. The molecule has 0 aliphatic carbocycles. The van der Waals surface area contributed by atoms with Gasteiger partial charge in [0.05, 0.1) is 23.3 Å². The van der Waals surface area contributed by atoms with Crippen molar-refractivity contribution in [3.63, 3.8) is 0 Å². The minimum Gasteiger partial charge on any atom is -0.306 e. The van der Waals surface area contributed by atoms with Crippen molar-refractivity contribution in [2.45, 2.75) is 78.3 Å². The number of rotatable bonds is 1. The van der Waals surface area contributed by atoms with E-state index < -0.39 is 0 Å². The maximum atomic E-state index is 4.96. The monoisotopic (exact) mass is 356 g/mol. The van der Waals surface area contributed by atoms with E-state index in [0.717, 1.165) is 19.4 Å². The number of hydrogen-bond acceptors (Lipinski definition) is 4. The number of fused-ring (bicyclic) bond motifs is 2. The molecule has 26 heavy (non-hydrogen) atoms. The third-order valence-corrected chi connectivity index (χ3v) is 5.78. The zero-order valence-electron chi connectivity index (χ0n) is 17.0. The van der Waals surface area contributed by atoms with Crippen molar-refractivity contribution in [3.8, 4) is 0 Å². The molecule has 2 unspecified atom stereocenters. The Hall–Kier alpha value is -1.98. The summed E-state index contributed by atoms with van der Waals surface area (Å²) in [6, 6.07) is 4.90. The summed E-state index contributed by atoms with van der Waals surface area (Å²) in [5, 5.41) is 11.9. The predicted molar refractivity (Wildman–Crippen MR) is 105 cm³/mol. The molecule has 6 heteroatoms. The second kappa shape index (κ2) is 5.76. The van der Waals surface area contributed by atoms with Crippen molar-refractivity contribution >= 4 is 0 Å². The van der Waals surface area contributed by atoms with Crippen LogP contribution in [0, 0.1) is 5.41 Å². The lowest BCUT2D eigenvalue weighted by Gasteiger charge is -2.43. The Morgan fingerprint density at radius 1 is 1.12 bits per heavy atom. The van der Waals surface area contributed by atoms with Crippen LogP contribution in [0.4, 0.5) is 0 Å². The molecule has 0 aromatic carbocycles. The van der Waals surface area contributed by atoms with E-state index in [2.05, 4.69) is 74.0 Å². The van der Waals surface area contributed by atoms with Gasteiger partial charge in [-0.3, -0.25) is 5.01 Å². The van der Waals surface area contributed by atoms with Crippen LogP contribution in [0.5, 0.6) is 0 Å². The quantitative estimate of drug-likeness (QED) is 0.853. The molecule has 4 rings (SSSR count). The summed E-state index contributed by atoms with van der Waals surface area (Å²) >= 11 is 0. The summed E-state index contributed by atoms with van der Waals surface area (Å²) < 4.78 is 0. The first-order valence-corrected chi connectivity index (χ1v) is 9.79. The van der Waals surface area contributed by atoms with Gasteiger partial charge in [-0.2, -0.15) is 19.8 Å². The van der Waals surface area contributed by atoms with Crippen molar-refractivity contribution < 1.29 is 0 Å². The molecule has 2 aromatic rings. The van der Waals surface area contributed by atoms with Crippen LogP contribution < -0.4 is 10.4 Å². The summed E-state index contributed by atoms with van der Waals surface area (Å²) in [5.41, 5.74) is 7.66. The molecule has 6 nitrogen and oxygen atoms in total. The Labute approximate surface area is 156 Å². The summed E-state index contributed by atoms with van der Waals surface area (Å²) in [6.45, 7) is 14.6. The van der Waals surface area contributed by atoms with E-state index in [1.807, 2.05) is 11.0 Å². The highest BCUT2D eigenvalue weighted by atomic mass is 15.7. The van der Waals surface area contributed by atoms with E-state index in [1.54, 1.807) is 0 Å². The van der Waals surface area contributed by atoms with E-state index in [9.17, 15) is 0 Å². The van der Waals surface area contributed by atoms with E-state index in [0.29, 0.717) is 12.0 Å². The molecule has 0 spiro atoms. The van der Waals surface area contributed by atoms with Crippen LogP contribution in [0.2, 0.25) is 0 Å². The second-order valence-electron chi connectivity index (χ2n) is 9.92. The van der Waals surface area contributed by atoms with E-state index in [4.69, 9.17) is 5.10 Å². The van der Waals surface area contributed by atoms with Crippen molar-refractivity contribution in [3.05, 3.63) is 35.4 Å². The molecular weight excluding hydrogens is 324 g/mol. The maximum Gasteiger partial charge on any atom is 0.0701 e. The number of nitrogens with zero attached hydrogens (tertiary/aromatic N) is 5.